The van der Waals surface area contributed by atoms with E-state index in [2.05, 4.69) is 22.0 Å². The molecule has 0 bridgehead atoms. The topological polar surface area (TPSA) is 42.7 Å². The fourth-order valence-electron chi connectivity index (χ4n) is 2.78. The first-order valence-corrected chi connectivity index (χ1v) is 8.83. The summed E-state index contributed by atoms with van der Waals surface area (Å²) in [6.45, 7) is 1.75. The number of rotatable bonds is 4. The van der Waals surface area contributed by atoms with Crippen LogP contribution in [0, 0.1) is 0 Å². The molecule has 0 radical (unpaired) electrons. The van der Waals surface area contributed by atoms with Crippen LogP contribution in [0.15, 0.2) is 30.5 Å². The van der Waals surface area contributed by atoms with E-state index in [0.29, 0.717) is 6.10 Å². The van der Waals surface area contributed by atoms with Crippen molar-refractivity contribution in [2.24, 2.45) is 0 Å². The monoisotopic (exact) mass is 348 g/mol. The van der Waals surface area contributed by atoms with Crippen molar-refractivity contribution >= 4 is 33.0 Å². The van der Waals surface area contributed by atoms with Crippen LogP contribution in [0.5, 0.6) is 0 Å². The molecule has 0 N–H and O–H groups in total. The smallest absolute Gasteiger partial charge is 0.214 e. The lowest BCUT2D eigenvalue weighted by Gasteiger charge is -2.19. The number of aromatic nitrogens is 3. The van der Waals surface area contributed by atoms with Crippen LogP contribution in [-0.2, 0) is 4.74 Å². The van der Waals surface area contributed by atoms with Gasteiger partial charge in [0.05, 0.1) is 18.0 Å². The summed E-state index contributed by atoms with van der Waals surface area (Å²) in [5.41, 5.74) is 1.95. The van der Waals surface area contributed by atoms with Gasteiger partial charge in [0.15, 0.2) is 0 Å². The maximum absolute atomic E-state index is 5.93. The van der Waals surface area contributed by atoms with Crippen molar-refractivity contribution in [2.45, 2.75) is 18.9 Å². The van der Waals surface area contributed by atoms with Gasteiger partial charge in [0.1, 0.15) is 0 Å². The Balaban J connectivity index is 1.55. The highest BCUT2D eigenvalue weighted by molar-refractivity contribution is 7.20. The number of halogens is 1. The maximum Gasteiger partial charge on any atom is 0.214 e. The molecule has 7 heteroatoms. The number of hydrogen-bond donors (Lipinski definition) is 0. The number of fused-ring (bicyclic) bond motifs is 1. The largest absolute Gasteiger partial charge is 0.376 e. The van der Waals surface area contributed by atoms with Gasteiger partial charge in [0, 0.05) is 30.8 Å². The summed E-state index contributed by atoms with van der Waals surface area (Å²) in [4.78, 5) is 7.71. The van der Waals surface area contributed by atoms with E-state index in [1.807, 2.05) is 35.0 Å². The van der Waals surface area contributed by atoms with Gasteiger partial charge in [-0.1, -0.05) is 35.1 Å². The Morgan fingerprint density at radius 3 is 2.91 bits per heavy atom. The highest BCUT2D eigenvalue weighted by atomic mass is 35.5. The molecule has 5 nitrogen and oxygen atoms in total. The Kier molecular flexibility index (Phi) is 3.97. The Morgan fingerprint density at radius 2 is 2.22 bits per heavy atom. The molecule has 1 unspecified atom stereocenters. The second-order valence-corrected chi connectivity index (χ2v) is 7.13. The van der Waals surface area contributed by atoms with Crippen LogP contribution < -0.4 is 4.90 Å². The molecule has 1 aromatic carbocycles. The summed E-state index contributed by atoms with van der Waals surface area (Å²) in [6, 6.07) is 7.69. The van der Waals surface area contributed by atoms with Crippen LogP contribution in [0.4, 0.5) is 5.13 Å². The zero-order chi connectivity index (χ0) is 15.8. The zero-order valence-corrected chi connectivity index (χ0v) is 14.3. The fourth-order valence-corrected chi connectivity index (χ4v) is 3.76. The lowest BCUT2D eigenvalue weighted by atomic mass is 10.2. The third-order valence-corrected chi connectivity index (χ3v) is 5.29. The number of anilines is 1. The van der Waals surface area contributed by atoms with Crippen molar-refractivity contribution in [1.82, 2.24) is 14.6 Å². The molecule has 1 atom stereocenters. The number of nitrogens with zero attached hydrogens (tertiary/aromatic N) is 4. The number of ether oxygens (including phenoxy) is 1. The Bertz CT molecular complexity index is 776. The molecule has 1 aliphatic rings. The average molecular weight is 349 g/mol. The van der Waals surface area contributed by atoms with Crippen molar-refractivity contribution in [3.8, 4) is 11.3 Å². The van der Waals surface area contributed by atoms with Crippen molar-refractivity contribution in [1.29, 1.82) is 0 Å². The quantitative estimate of drug-likeness (QED) is 0.720. The molecule has 23 heavy (non-hydrogen) atoms. The maximum atomic E-state index is 5.93. The van der Waals surface area contributed by atoms with E-state index >= 15 is 0 Å². The summed E-state index contributed by atoms with van der Waals surface area (Å²) in [5.74, 6) is 0. The van der Waals surface area contributed by atoms with Gasteiger partial charge in [-0.3, -0.25) is 0 Å². The van der Waals surface area contributed by atoms with Gasteiger partial charge in [-0.2, -0.15) is 0 Å². The number of hydrogen-bond acceptors (Lipinski definition) is 5. The van der Waals surface area contributed by atoms with Gasteiger partial charge in [0.25, 0.3) is 0 Å². The molecular weight excluding hydrogens is 332 g/mol. The predicted octanol–water partition coefficient (Wildman–Crippen LogP) is 3.73. The molecule has 3 aromatic rings. The van der Waals surface area contributed by atoms with E-state index in [9.17, 15) is 0 Å². The predicted molar refractivity (Wildman–Crippen MR) is 93.6 cm³/mol. The van der Waals surface area contributed by atoms with Gasteiger partial charge < -0.3 is 9.64 Å². The molecular formula is C16H17ClN4OS. The van der Waals surface area contributed by atoms with Crippen molar-refractivity contribution in [3.05, 3.63) is 35.5 Å². The van der Waals surface area contributed by atoms with Gasteiger partial charge in [0.2, 0.25) is 10.1 Å². The molecule has 3 heterocycles. The number of likely N-dealkylation sites (N-methyl/N-ethyl adjacent to an activating group) is 1. The molecule has 4 rings (SSSR count). The molecule has 0 amide bonds. The molecule has 1 fully saturated rings. The van der Waals surface area contributed by atoms with Gasteiger partial charge >= 0.3 is 0 Å². The van der Waals surface area contributed by atoms with E-state index in [1.54, 1.807) is 11.3 Å². The minimum absolute atomic E-state index is 0.320. The second kappa shape index (κ2) is 6.11. The third-order valence-electron chi connectivity index (χ3n) is 4.00. The zero-order valence-electron chi connectivity index (χ0n) is 12.8. The minimum atomic E-state index is 0.320. The first-order chi connectivity index (χ1) is 11.2. The summed E-state index contributed by atoms with van der Waals surface area (Å²) in [6.07, 6.45) is 4.57. The molecule has 0 saturated carbocycles. The Morgan fingerprint density at radius 1 is 1.39 bits per heavy atom. The lowest BCUT2D eigenvalue weighted by molar-refractivity contribution is 0.116. The highest BCUT2D eigenvalue weighted by Gasteiger charge is 2.20. The first kappa shape index (κ1) is 14.9. The Labute approximate surface area is 143 Å². The summed E-state index contributed by atoms with van der Waals surface area (Å²) in [7, 11) is 2.06. The highest BCUT2D eigenvalue weighted by Crippen LogP contribution is 2.27. The van der Waals surface area contributed by atoms with E-state index in [0.717, 1.165) is 52.4 Å². The first-order valence-electron chi connectivity index (χ1n) is 7.64. The number of imidazole rings is 1. The van der Waals surface area contributed by atoms with Gasteiger partial charge in [-0.15, -0.1) is 5.10 Å². The van der Waals surface area contributed by atoms with Gasteiger partial charge in [-0.05, 0) is 25.0 Å². The Hall–Kier alpha value is -1.63. The van der Waals surface area contributed by atoms with Crippen LogP contribution in [-0.4, -0.2) is 40.9 Å². The number of benzene rings is 1. The van der Waals surface area contributed by atoms with Crippen molar-refractivity contribution in [3.63, 3.8) is 0 Å². The van der Waals surface area contributed by atoms with Crippen molar-refractivity contribution < 1.29 is 4.74 Å². The third kappa shape index (κ3) is 3.06. The minimum Gasteiger partial charge on any atom is -0.376 e. The fraction of sp³-hybridized carbons (Fsp3) is 0.375. The lowest BCUT2D eigenvalue weighted by Crippen LogP contribution is -2.28. The van der Waals surface area contributed by atoms with Crippen molar-refractivity contribution in [2.75, 3.05) is 25.1 Å². The summed E-state index contributed by atoms with van der Waals surface area (Å²) >= 11 is 7.52. The van der Waals surface area contributed by atoms with E-state index in [4.69, 9.17) is 16.3 Å². The molecule has 2 aromatic heterocycles. The summed E-state index contributed by atoms with van der Waals surface area (Å²) < 4.78 is 7.53. The van der Waals surface area contributed by atoms with Crippen LogP contribution >= 0.6 is 22.9 Å². The molecule has 120 valence electrons. The standard InChI is InChI=1S/C16H17ClN4OS/c1-20(9-13-3-2-8-22-13)16-19-21-10-14(18-15(21)23-16)11-4-6-12(17)7-5-11/h4-7,10,13H,2-3,8-9H2,1H3. The van der Waals surface area contributed by atoms with E-state index < -0.39 is 0 Å². The summed E-state index contributed by atoms with van der Waals surface area (Å²) in [5, 5.41) is 6.33. The van der Waals surface area contributed by atoms with Crippen LogP contribution in [0.25, 0.3) is 16.2 Å². The SMILES string of the molecule is CN(CC1CCCO1)c1nn2cc(-c3ccc(Cl)cc3)nc2s1. The van der Waals surface area contributed by atoms with E-state index in [1.165, 1.54) is 0 Å². The normalized spacial score (nSPS) is 17.9. The van der Waals surface area contributed by atoms with Crippen LogP contribution in [0.2, 0.25) is 5.02 Å². The molecule has 1 saturated heterocycles. The molecule has 0 aliphatic carbocycles. The average Bonchev–Trinajstić information content (AvgIpc) is 3.23. The van der Waals surface area contributed by atoms with Gasteiger partial charge in [-0.25, -0.2) is 9.50 Å². The second-order valence-electron chi connectivity index (χ2n) is 5.76. The van der Waals surface area contributed by atoms with Crippen LogP contribution in [0.1, 0.15) is 12.8 Å². The van der Waals surface area contributed by atoms with Crippen LogP contribution in [0.3, 0.4) is 0 Å². The molecule has 1 aliphatic heterocycles. The van der Waals surface area contributed by atoms with E-state index in [-0.39, 0.29) is 0 Å². The molecule has 0 spiro atoms.